The number of nitriles is 1. The summed E-state index contributed by atoms with van der Waals surface area (Å²) in [4.78, 5) is 0. The zero-order valence-corrected chi connectivity index (χ0v) is 11.1. The molecule has 1 aliphatic rings. The van der Waals surface area contributed by atoms with Crippen LogP contribution in [0.25, 0.3) is 0 Å². The van der Waals surface area contributed by atoms with Gasteiger partial charge in [-0.2, -0.15) is 5.26 Å². The van der Waals surface area contributed by atoms with Crippen LogP contribution >= 0.6 is 0 Å². The van der Waals surface area contributed by atoms with E-state index in [1.165, 1.54) is 12.8 Å². The zero-order chi connectivity index (χ0) is 13.0. The Kier molecular flexibility index (Phi) is 4.22. The Morgan fingerprint density at radius 2 is 2.11 bits per heavy atom. The number of para-hydroxylation sites is 1. The van der Waals surface area contributed by atoms with E-state index < -0.39 is 0 Å². The quantitative estimate of drug-likeness (QED) is 0.889. The molecule has 0 radical (unpaired) electrons. The number of rotatable bonds is 3. The first-order valence-electron chi connectivity index (χ1n) is 6.60. The Hall–Kier alpha value is -1.53. The van der Waals surface area contributed by atoms with Gasteiger partial charge in [0.05, 0.1) is 5.56 Å². The third-order valence-corrected chi connectivity index (χ3v) is 3.67. The van der Waals surface area contributed by atoms with Crippen molar-refractivity contribution in [3.8, 4) is 11.8 Å². The second-order valence-electron chi connectivity index (χ2n) is 4.90. The Balaban J connectivity index is 2.20. The van der Waals surface area contributed by atoms with Crippen LogP contribution in [-0.4, -0.2) is 19.2 Å². The van der Waals surface area contributed by atoms with Crippen LogP contribution in [0.2, 0.25) is 0 Å². The molecule has 0 aromatic heterocycles. The lowest BCUT2D eigenvalue weighted by Crippen LogP contribution is -2.43. The van der Waals surface area contributed by atoms with Gasteiger partial charge in [0, 0.05) is 6.04 Å². The molecule has 2 rings (SSSR count). The molecular formula is C15H20N2O. The van der Waals surface area contributed by atoms with Crippen molar-refractivity contribution in [3.63, 3.8) is 0 Å². The number of aryl methyl sites for hydroxylation is 1. The SMILES string of the molecule is CNC1CCCCC1Oc1c(C)cccc1C#N. The largest absolute Gasteiger partial charge is 0.487 e. The molecule has 1 fully saturated rings. The molecule has 0 bridgehead atoms. The Morgan fingerprint density at radius 3 is 2.83 bits per heavy atom. The highest BCUT2D eigenvalue weighted by Gasteiger charge is 2.26. The van der Waals surface area contributed by atoms with E-state index in [2.05, 4.69) is 11.4 Å². The van der Waals surface area contributed by atoms with E-state index in [0.717, 1.165) is 24.2 Å². The summed E-state index contributed by atoms with van der Waals surface area (Å²) in [7, 11) is 1.98. The lowest BCUT2D eigenvalue weighted by Gasteiger charge is -2.32. The number of benzene rings is 1. The van der Waals surface area contributed by atoms with Crippen molar-refractivity contribution in [2.45, 2.75) is 44.8 Å². The summed E-state index contributed by atoms with van der Waals surface area (Å²) in [5.41, 5.74) is 1.67. The van der Waals surface area contributed by atoms with Gasteiger partial charge in [0.15, 0.2) is 0 Å². The molecule has 18 heavy (non-hydrogen) atoms. The fraction of sp³-hybridized carbons (Fsp3) is 0.533. The van der Waals surface area contributed by atoms with Crippen molar-refractivity contribution in [1.82, 2.24) is 5.32 Å². The topological polar surface area (TPSA) is 45.0 Å². The van der Waals surface area contributed by atoms with Gasteiger partial charge in [-0.3, -0.25) is 0 Å². The molecule has 3 heteroatoms. The number of ether oxygens (including phenoxy) is 1. The minimum atomic E-state index is 0.178. The molecular weight excluding hydrogens is 224 g/mol. The van der Waals surface area contributed by atoms with Crippen molar-refractivity contribution in [3.05, 3.63) is 29.3 Å². The molecule has 0 aliphatic heterocycles. The molecule has 3 nitrogen and oxygen atoms in total. The summed E-state index contributed by atoms with van der Waals surface area (Å²) in [6, 6.07) is 8.32. The van der Waals surface area contributed by atoms with Gasteiger partial charge >= 0.3 is 0 Å². The summed E-state index contributed by atoms with van der Waals surface area (Å²) in [5, 5.41) is 12.5. The van der Waals surface area contributed by atoms with E-state index in [9.17, 15) is 0 Å². The van der Waals surface area contributed by atoms with Crippen LogP contribution in [0, 0.1) is 18.3 Å². The second kappa shape index (κ2) is 5.88. The smallest absolute Gasteiger partial charge is 0.140 e. The van der Waals surface area contributed by atoms with Crippen LogP contribution in [0.1, 0.15) is 36.8 Å². The third-order valence-electron chi connectivity index (χ3n) is 3.67. The number of nitrogens with one attached hydrogen (secondary N) is 1. The van der Waals surface area contributed by atoms with Gasteiger partial charge < -0.3 is 10.1 Å². The van der Waals surface area contributed by atoms with Gasteiger partial charge in [0.1, 0.15) is 17.9 Å². The van der Waals surface area contributed by atoms with Gasteiger partial charge in [-0.05, 0) is 44.9 Å². The van der Waals surface area contributed by atoms with Gasteiger partial charge in [-0.15, -0.1) is 0 Å². The Labute approximate surface area is 109 Å². The van der Waals surface area contributed by atoms with Crippen molar-refractivity contribution >= 4 is 0 Å². The first-order chi connectivity index (χ1) is 8.76. The molecule has 1 aliphatic carbocycles. The molecule has 1 saturated carbocycles. The predicted octanol–water partition coefficient (Wildman–Crippen LogP) is 2.78. The normalized spacial score (nSPS) is 23.4. The third kappa shape index (κ3) is 2.65. The van der Waals surface area contributed by atoms with Crippen LogP contribution in [0.3, 0.4) is 0 Å². The Bertz CT molecular complexity index is 450. The predicted molar refractivity (Wildman–Crippen MR) is 71.6 cm³/mol. The van der Waals surface area contributed by atoms with Crippen LogP contribution in [0.4, 0.5) is 0 Å². The summed E-state index contributed by atoms with van der Waals surface area (Å²) in [5.74, 6) is 0.757. The number of nitrogens with zero attached hydrogens (tertiary/aromatic N) is 1. The van der Waals surface area contributed by atoms with E-state index in [1.807, 2.05) is 32.2 Å². The lowest BCUT2D eigenvalue weighted by molar-refractivity contribution is 0.117. The van der Waals surface area contributed by atoms with E-state index in [-0.39, 0.29) is 6.10 Å². The molecule has 1 N–H and O–H groups in total. The van der Waals surface area contributed by atoms with Crippen molar-refractivity contribution in [1.29, 1.82) is 5.26 Å². The molecule has 2 unspecified atom stereocenters. The minimum Gasteiger partial charge on any atom is -0.487 e. The van der Waals surface area contributed by atoms with Crippen LogP contribution in [0.15, 0.2) is 18.2 Å². The summed E-state index contributed by atoms with van der Waals surface area (Å²) in [6.07, 6.45) is 4.84. The average Bonchev–Trinajstić information content (AvgIpc) is 2.41. The number of hydrogen-bond acceptors (Lipinski definition) is 3. The highest BCUT2D eigenvalue weighted by atomic mass is 16.5. The fourth-order valence-corrected chi connectivity index (χ4v) is 2.62. The van der Waals surface area contributed by atoms with Crippen molar-refractivity contribution in [2.24, 2.45) is 0 Å². The maximum absolute atomic E-state index is 9.15. The highest BCUT2D eigenvalue weighted by Crippen LogP contribution is 2.28. The second-order valence-corrected chi connectivity index (χ2v) is 4.90. The summed E-state index contributed by atoms with van der Waals surface area (Å²) in [6.45, 7) is 1.99. The van der Waals surface area contributed by atoms with Crippen LogP contribution < -0.4 is 10.1 Å². The highest BCUT2D eigenvalue weighted by molar-refractivity contribution is 5.48. The average molecular weight is 244 g/mol. The van der Waals surface area contributed by atoms with E-state index in [0.29, 0.717) is 11.6 Å². The zero-order valence-electron chi connectivity index (χ0n) is 11.1. The van der Waals surface area contributed by atoms with Gasteiger partial charge in [0.25, 0.3) is 0 Å². The van der Waals surface area contributed by atoms with Crippen molar-refractivity contribution in [2.75, 3.05) is 7.05 Å². The monoisotopic (exact) mass is 244 g/mol. The molecule has 0 heterocycles. The van der Waals surface area contributed by atoms with E-state index in [4.69, 9.17) is 10.00 Å². The molecule has 1 aromatic carbocycles. The maximum Gasteiger partial charge on any atom is 0.140 e. The summed E-state index contributed by atoms with van der Waals surface area (Å²) >= 11 is 0. The molecule has 1 aromatic rings. The maximum atomic E-state index is 9.15. The first kappa shape index (κ1) is 12.9. The van der Waals surface area contributed by atoms with E-state index in [1.54, 1.807) is 0 Å². The molecule has 0 saturated heterocycles. The molecule has 0 spiro atoms. The number of hydrogen-bond donors (Lipinski definition) is 1. The molecule has 0 amide bonds. The fourth-order valence-electron chi connectivity index (χ4n) is 2.62. The number of likely N-dealkylation sites (N-methyl/N-ethyl adjacent to an activating group) is 1. The van der Waals surface area contributed by atoms with Crippen molar-refractivity contribution < 1.29 is 4.74 Å². The first-order valence-corrected chi connectivity index (χ1v) is 6.60. The van der Waals surface area contributed by atoms with Gasteiger partial charge in [-0.25, -0.2) is 0 Å². The van der Waals surface area contributed by atoms with Crippen LogP contribution in [-0.2, 0) is 0 Å². The lowest BCUT2D eigenvalue weighted by atomic mass is 9.92. The molecule has 96 valence electrons. The van der Waals surface area contributed by atoms with E-state index >= 15 is 0 Å². The standard InChI is InChI=1S/C15H20N2O/c1-11-6-5-7-12(10-16)15(11)18-14-9-4-3-8-13(14)17-2/h5-7,13-14,17H,3-4,8-9H2,1-2H3. The van der Waals surface area contributed by atoms with Gasteiger partial charge in [-0.1, -0.05) is 18.6 Å². The van der Waals surface area contributed by atoms with Crippen LogP contribution in [0.5, 0.6) is 5.75 Å². The minimum absolute atomic E-state index is 0.178. The Morgan fingerprint density at radius 1 is 1.33 bits per heavy atom. The summed E-state index contributed by atoms with van der Waals surface area (Å²) < 4.78 is 6.13. The molecule has 2 atom stereocenters. The van der Waals surface area contributed by atoms with Gasteiger partial charge in [0.2, 0.25) is 0 Å².